The Morgan fingerprint density at radius 1 is 1.11 bits per heavy atom. The minimum absolute atomic E-state index is 0.00978. The van der Waals surface area contributed by atoms with E-state index in [2.05, 4.69) is 22.3 Å². The van der Waals surface area contributed by atoms with Crippen molar-refractivity contribution in [1.29, 1.82) is 0 Å². The molecule has 6 nitrogen and oxygen atoms in total. The summed E-state index contributed by atoms with van der Waals surface area (Å²) < 4.78 is 5.35. The second-order valence-corrected chi connectivity index (χ2v) is 6.90. The molecule has 0 spiro atoms. The molecule has 3 aromatic rings. The molecule has 27 heavy (non-hydrogen) atoms. The fourth-order valence-electron chi connectivity index (χ4n) is 3.57. The Morgan fingerprint density at radius 3 is 2.52 bits per heavy atom. The lowest BCUT2D eigenvalue weighted by atomic mass is 10.0. The quantitative estimate of drug-likeness (QED) is 0.765. The van der Waals surface area contributed by atoms with E-state index in [1.165, 1.54) is 10.5 Å². The van der Waals surface area contributed by atoms with Crippen LogP contribution in [-0.2, 0) is 6.54 Å². The van der Waals surface area contributed by atoms with Crippen LogP contribution in [0.2, 0.25) is 0 Å². The number of carbonyl (C=O) groups excluding carboxylic acids is 1. The maximum absolute atomic E-state index is 13.1. The number of piperazine rings is 1. The van der Waals surface area contributed by atoms with Gasteiger partial charge in [0.25, 0.3) is 5.91 Å². The lowest BCUT2D eigenvalue weighted by molar-refractivity contribution is -0.917. The summed E-state index contributed by atoms with van der Waals surface area (Å²) in [6, 6.07) is 13.8. The van der Waals surface area contributed by atoms with Crippen molar-refractivity contribution in [2.75, 3.05) is 26.2 Å². The van der Waals surface area contributed by atoms with Gasteiger partial charge in [0.05, 0.1) is 26.2 Å². The van der Waals surface area contributed by atoms with E-state index in [4.69, 9.17) is 4.52 Å². The molecule has 2 aromatic heterocycles. The number of rotatable bonds is 4. The summed E-state index contributed by atoms with van der Waals surface area (Å²) in [5.74, 6) is 0.584. The Kier molecular flexibility index (Phi) is 4.98. The van der Waals surface area contributed by atoms with E-state index in [0.29, 0.717) is 17.0 Å². The monoisotopic (exact) mass is 363 g/mol. The Hall–Kier alpha value is -2.99. The number of carbonyl (C=O) groups is 1. The summed E-state index contributed by atoms with van der Waals surface area (Å²) >= 11 is 0. The van der Waals surface area contributed by atoms with E-state index in [0.717, 1.165) is 38.3 Å². The fraction of sp³-hybridized carbons (Fsp3) is 0.286. The average Bonchev–Trinajstić information content (AvgIpc) is 3.11. The summed E-state index contributed by atoms with van der Waals surface area (Å²) in [4.78, 5) is 20.6. The largest absolute Gasteiger partial charge is 0.360 e. The lowest BCUT2D eigenvalue weighted by Gasteiger charge is -2.32. The van der Waals surface area contributed by atoms with Crippen LogP contribution in [0.4, 0.5) is 0 Å². The molecular weight excluding hydrogens is 340 g/mol. The SMILES string of the molecule is Cc1onc(-c2ccccc2)c1C(=O)N1CC[NH+](Cc2ccncc2)CC1. The Labute approximate surface area is 158 Å². The number of hydrogen-bond acceptors (Lipinski definition) is 4. The number of amides is 1. The van der Waals surface area contributed by atoms with Crippen LogP contribution in [0.5, 0.6) is 0 Å². The summed E-state index contributed by atoms with van der Waals surface area (Å²) in [7, 11) is 0. The fourth-order valence-corrected chi connectivity index (χ4v) is 3.57. The van der Waals surface area contributed by atoms with Crippen LogP contribution in [0.25, 0.3) is 11.3 Å². The van der Waals surface area contributed by atoms with Gasteiger partial charge >= 0.3 is 0 Å². The first-order valence-electron chi connectivity index (χ1n) is 9.26. The number of pyridine rings is 1. The Bertz CT molecular complexity index is 900. The number of quaternary nitrogens is 1. The Balaban J connectivity index is 1.45. The van der Waals surface area contributed by atoms with Gasteiger partial charge in [-0.1, -0.05) is 35.5 Å². The van der Waals surface area contributed by atoms with Crippen molar-refractivity contribution >= 4 is 5.91 Å². The van der Waals surface area contributed by atoms with E-state index in [1.807, 2.05) is 47.6 Å². The van der Waals surface area contributed by atoms with E-state index in [-0.39, 0.29) is 5.91 Å². The van der Waals surface area contributed by atoms with Crippen LogP contribution in [-0.4, -0.2) is 47.1 Å². The molecule has 0 unspecified atom stereocenters. The molecule has 0 saturated carbocycles. The number of hydrogen-bond donors (Lipinski definition) is 1. The second kappa shape index (κ2) is 7.72. The van der Waals surface area contributed by atoms with Gasteiger partial charge in [-0.15, -0.1) is 0 Å². The van der Waals surface area contributed by atoms with E-state index < -0.39 is 0 Å². The van der Waals surface area contributed by atoms with Crippen LogP contribution in [0, 0.1) is 6.92 Å². The smallest absolute Gasteiger partial charge is 0.260 e. The zero-order valence-electron chi connectivity index (χ0n) is 15.4. The molecule has 138 valence electrons. The highest BCUT2D eigenvalue weighted by molar-refractivity contribution is 6.00. The van der Waals surface area contributed by atoms with Crippen molar-refractivity contribution in [2.45, 2.75) is 13.5 Å². The van der Waals surface area contributed by atoms with Gasteiger partial charge < -0.3 is 14.3 Å². The molecule has 1 fully saturated rings. The molecule has 0 bridgehead atoms. The first-order chi connectivity index (χ1) is 13.2. The summed E-state index contributed by atoms with van der Waals surface area (Å²) in [5.41, 5.74) is 3.39. The van der Waals surface area contributed by atoms with Crippen LogP contribution in [0.15, 0.2) is 59.4 Å². The van der Waals surface area contributed by atoms with Gasteiger partial charge in [-0.3, -0.25) is 9.78 Å². The minimum atomic E-state index is 0.00978. The molecule has 4 rings (SSSR count). The topological polar surface area (TPSA) is 63.7 Å². The molecule has 1 aliphatic heterocycles. The highest BCUT2D eigenvalue weighted by atomic mass is 16.5. The maximum Gasteiger partial charge on any atom is 0.260 e. The predicted octanol–water partition coefficient (Wildman–Crippen LogP) is 1.59. The average molecular weight is 363 g/mol. The Morgan fingerprint density at radius 2 is 1.81 bits per heavy atom. The summed E-state index contributed by atoms with van der Waals surface area (Å²) in [5, 5.41) is 4.14. The first-order valence-corrected chi connectivity index (χ1v) is 9.26. The van der Waals surface area contributed by atoms with Crippen LogP contribution >= 0.6 is 0 Å². The summed E-state index contributed by atoms with van der Waals surface area (Å²) in [6.45, 7) is 6.10. The molecule has 1 N–H and O–H groups in total. The zero-order chi connectivity index (χ0) is 18.6. The summed E-state index contributed by atoms with van der Waals surface area (Å²) in [6.07, 6.45) is 3.66. The van der Waals surface area contributed by atoms with Crippen LogP contribution in [0.1, 0.15) is 21.7 Å². The standard InChI is InChI=1S/C21H22N4O2/c1-16-19(20(23-27-16)18-5-3-2-4-6-18)21(26)25-13-11-24(12-14-25)15-17-7-9-22-10-8-17/h2-10H,11-15H2,1H3/p+1. The second-order valence-electron chi connectivity index (χ2n) is 6.90. The molecule has 0 atom stereocenters. The highest BCUT2D eigenvalue weighted by Crippen LogP contribution is 2.26. The number of aromatic nitrogens is 2. The number of aryl methyl sites for hydroxylation is 1. The van der Waals surface area contributed by atoms with Crippen molar-refractivity contribution in [1.82, 2.24) is 15.0 Å². The predicted molar refractivity (Wildman–Crippen MR) is 101 cm³/mol. The molecule has 6 heteroatoms. The molecule has 3 heterocycles. The molecule has 1 saturated heterocycles. The molecule has 1 aromatic carbocycles. The first kappa shape index (κ1) is 17.4. The van der Waals surface area contributed by atoms with Crippen molar-refractivity contribution in [3.8, 4) is 11.3 Å². The van der Waals surface area contributed by atoms with Gasteiger partial charge in [-0.05, 0) is 19.1 Å². The minimum Gasteiger partial charge on any atom is -0.360 e. The third kappa shape index (κ3) is 3.75. The van der Waals surface area contributed by atoms with Crippen molar-refractivity contribution in [2.24, 2.45) is 0 Å². The van der Waals surface area contributed by atoms with Crippen LogP contribution in [0.3, 0.4) is 0 Å². The molecule has 1 aliphatic rings. The van der Waals surface area contributed by atoms with E-state index in [9.17, 15) is 4.79 Å². The van der Waals surface area contributed by atoms with Gasteiger partial charge in [-0.25, -0.2) is 0 Å². The molecule has 0 aliphatic carbocycles. The number of nitrogens with one attached hydrogen (secondary N) is 1. The van der Waals surface area contributed by atoms with Crippen LogP contribution < -0.4 is 4.90 Å². The van der Waals surface area contributed by atoms with E-state index >= 15 is 0 Å². The van der Waals surface area contributed by atoms with E-state index in [1.54, 1.807) is 6.92 Å². The number of nitrogens with zero attached hydrogens (tertiary/aromatic N) is 3. The molecular formula is C21H23N4O2+. The maximum atomic E-state index is 13.1. The van der Waals surface area contributed by atoms with Gasteiger partial charge in [0.2, 0.25) is 0 Å². The highest BCUT2D eigenvalue weighted by Gasteiger charge is 2.29. The van der Waals surface area contributed by atoms with Crippen molar-refractivity contribution < 1.29 is 14.2 Å². The third-order valence-corrected chi connectivity index (χ3v) is 5.09. The van der Waals surface area contributed by atoms with Gasteiger partial charge in [0, 0.05) is 23.5 Å². The third-order valence-electron chi connectivity index (χ3n) is 5.09. The van der Waals surface area contributed by atoms with Gasteiger partial charge in [0.1, 0.15) is 23.6 Å². The lowest BCUT2D eigenvalue weighted by Crippen LogP contribution is -3.13. The molecule has 1 amide bonds. The van der Waals surface area contributed by atoms with Crippen molar-refractivity contribution in [3.63, 3.8) is 0 Å². The number of benzene rings is 1. The van der Waals surface area contributed by atoms with Crippen molar-refractivity contribution in [3.05, 3.63) is 71.7 Å². The zero-order valence-corrected chi connectivity index (χ0v) is 15.4. The molecule has 0 radical (unpaired) electrons. The van der Waals surface area contributed by atoms with Gasteiger partial charge in [0.15, 0.2) is 0 Å². The van der Waals surface area contributed by atoms with Gasteiger partial charge in [-0.2, -0.15) is 0 Å². The normalized spacial score (nSPS) is 15.1.